The highest BCUT2D eigenvalue weighted by Crippen LogP contribution is 2.31. The molecule has 9 heteroatoms. The number of carbonyl (C=O) groups excluding carboxylic acids is 1. The maximum absolute atomic E-state index is 13.2. The van der Waals surface area contributed by atoms with Gasteiger partial charge in [0.2, 0.25) is 5.13 Å². The summed E-state index contributed by atoms with van der Waals surface area (Å²) in [6.45, 7) is 0. The number of benzene rings is 2. The Morgan fingerprint density at radius 2 is 1.91 bits per heavy atom. The zero-order chi connectivity index (χ0) is 22.6. The van der Waals surface area contributed by atoms with Gasteiger partial charge < -0.3 is 0 Å². The Kier molecular flexibility index (Phi) is 6.13. The lowest BCUT2D eigenvalue weighted by molar-refractivity contribution is 0.102. The number of anilines is 1. The maximum atomic E-state index is 13.2. The molecule has 2 aromatic carbocycles. The van der Waals surface area contributed by atoms with E-state index in [1.807, 2.05) is 60.0 Å². The quantitative estimate of drug-likeness (QED) is 0.226. The first-order chi connectivity index (χ1) is 16.2. The largest absolute Gasteiger partial charge is 0.296 e. The third kappa shape index (κ3) is 4.78. The maximum Gasteiger partial charge on any atom is 0.258 e. The first-order valence-corrected chi connectivity index (χ1v) is 12.6. The minimum atomic E-state index is -0.244. The molecular weight excluding hydrogens is 470 g/mol. The monoisotopic (exact) mass is 485 g/mol. The third-order valence-corrected chi connectivity index (χ3v) is 7.74. The van der Waals surface area contributed by atoms with Gasteiger partial charge in [0.05, 0.1) is 33.3 Å². The van der Waals surface area contributed by atoms with Crippen LogP contribution in [0.15, 0.2) is 76.4 Å². The second-order valence-electron chi connectivity index (χ2n) is 6.97. The number of carbonyl (C=O) groups is 1. The molecule has 1 N–H and O–H groups in total. The van der Waals surface area contributed by atoms with Crippen LogP contribution in [0.4, 0.5) is 5.13 Å². The fourth-order valence-corrected chi connectivity index (χ4v) is 5.61. The van der Waals surface area contributed by atoms with Gasteiger partial charge in [-0.05, 0) is 41.3 Å². The lowest BCUT2D eigenvalue weighted by Crippen LogP contribution is -2.13. The van der Waals surface area contributed by atoms with E-state index in [9.17, 15) is 4.79 Å². The van der Waals surface area contributed by atoms with Crippen molar-refractivity contribution in [3.63, 3.8) is 0 Å². The van der Waals surface area contributed by atoms with Gasteiger partial charge in [-0.1, -0.05) is 59.5 Å². The lowest BCUT2D eigenvalue weighted by atomic mass is 10.1. The number of thiophene rings is 1. The Hall–Kier alpha value is -3.58. The van der Waals surface area contributed by atoms with Gasteiger partial charge >= 0.3 is 0 Å². The molecule has 0 fully saturated rings. The molecule has 0 saturated heterocycles. The van der Waals surface area contributed by atoms with Crippen LogP contribution in [-0.4, -0.2) is 21.1 Å². The van der Waals surface area contributed by atoms with Crippen LogP contribution in [0, 0.1) is 11.3 Å². The molecule has 0 spiro atoms. The number of aromatic nitrogens is 3. The van der Waals surface area contributed by atoms with Gasteiger partial charge in [0.15, 0.2) is 4.34 Å². The summed E-state index contributed by atoms with van der Waals surface area (Å²) in [5.74, 6) is 0.458. The highest BCUT2D eigenvalue weighted by atomic mass is 32.2. The first-order valence-electron chi connectivity index (χ1n) is 9.90. The fourth-order valence-electron chi connectivity index (χ4n) is 3.22. The van der Waals surface area contributed by atoms with Crippen LogP contribution in [0.1, 0.15) is 21.5 Å². The number of para-hydroxylation sites is 1. The molecule has 0 saturated carbocycles. The van der Waals surface area contributed by atoms with E-state index in [-0.39, 0.29) is 5.91 Å². The molecule has 0 aliphatic heterocycles. The van der Waals surface area contributed by atoms with Gasteiger partial charge in [-0.2, -0.15) is 5.26 Å². The van der Waals surface area contributed by atoms with Crippen LogP contribution >= 0.6 is 34.4 Å². The van der Waals surface area contributed by atoms with Crippen LogP contribution in [-0.2, 0) is 5.75 Å². The number of hydrogen-bond acceptors (Lipinski definition) is 8. The molecule has 0 unspecified atom stereocenters. The summed E-state index contributed by atoms with van der Waals surface area (Å²) < 4.78 is 0.758. The van der Waals surface area contributed by atoms with Gasteiger partial charge in [0, 0.05) is 11.1 Å². The molecule has 5 aromatic rings. The smallest absolute Gasteiger partial charge is 0.258 e. The molecule has 160 valence electrons. The number of pyridine rings is 1. The molecule has 0 radical (unpaired) electrons. The van der Waals surface area contributed by atoms with E-state index in [1.54, 1.807) is 23.5 Å². The van der Waals surface area contributed by atoms with Crippen LogP contribution < -0.4 is 5.32 Å². The molecule has 0 aliphatic rings. The second kappa shape index (κ2) is 9.50. The Bertz CT molecular complexity index is 1470. The molecule has 3 heterocycles. The van der Waals surface area contributed by atoms with Crippen molar-refractivity contribution in [3.8, 4) is 16.6 Å². The van der Waals surface area contributed by atoms with Crippen LogP contribution in [0.2, 0.25) is 0 Å². The van der Waals surface area contributed by atoms with E-state index in [0.717, 1.165) is 31.4 Å². The fraction of sp³-hybridized carbons (Fsp3) is 0.0417. The number of thioether (sulfide) groups is 1. The normalized spacial score (nSPS) is 10.8. The molecule has 0 atom stereocenters. The summed E-state index contributed by atoms with van der Waals surface area (Å²) in [7, 11) is 0. The summed E-state index contributed by atoms with van der Waals surface area (Å²) in [4.78, 5) is 18.9. The van der Waals surface area contributed by atoms with Gasteiger partial charge in [0.1, 0.15) is 0 Å². The molecule has 0 bridgehead atoms. The van der Waals surface area contributed by atoms with E-state index in [0.29, 0.717) is 22.0 Å². The van der Waals surface area contributed by atoms with Gasteiger partial charge in [-0.3, -0.25) is 10.1 Å². The highest BCUT2D eigenvalue weighted by molar-refractivity contribution is 8.00. The van der Waals surface area contributed by atoms with Crippen molar-refractivity contribution in [1.29, 1.82) is 5.26 Å². The van der Waals surface area contributed by atoms with Crippen LogP contribution in [0.5, 0.6) is 0 Å². The molecule has 5 rings (SSSR count). The number of nitrogens with zero attached hydrogens (tertiary/aromatic N) is 4. The number of fused-ring (bicyclic) bond motifs is 1. The van der Waals surface area contributed by atoms with E-state index in [1.165, 1.54) is 23.1 Å². The minimum Gasteiger partial charge on any atom is -0.296 e. The minimum absolute atomic E-state index is 0.244. The summed E-state index contributed by atoms with van der Waals surface area (Å²) in [5, 5.41) is 23.3. The van der Waals surface area contributed by atoms with E-state index < -0.39 is 0 Å². The average Bonchev–Trinajstić information content (AvgIpc) is 3.55. The Morgan fingerprint density at radius 3 is 2.70 bits per heavy atom. The van der Waals surface area contributed by atoms with Crippen molar-refractivity contribution in [2.45, 2.75) is 10.1 Å². The molecule has 0 aliphatic carbocycles. The molecule has 3 aromatic heterocycles. The second-order valence-corrected chi connectivity index (χ2v) is 10.1. The standard InChI is InChI=1S/C24H15N5OS3/c25-13-15-7-9-16(10-8-15)14-32-24-29-28-23(33-24)27-22(30)18-12-20(21-6-3-11-31-21)26-19-5-2-1-4-17(18)19/h1-12H,14H2,(H,27,28,30). The van der Waals surface area contributed by atoms with Crippen LogP contribution in [0.3, 0.4) is 0 Å². The van der Waals surface area contributed by atoms with Crippen molar-refractivity contribution >= 4 is 56.4 Å². The molecule has 1 amide bonds. The molecule has 33 heavy (non-hydrogen) atoms. The van der Waals surface area contributed by atoms with Crippen molar-refractivity contribution in [1.82, 2.24) is 15.2 Å². The predicted molar refractivity (Wildman–Crippen MR) is 134 cm³/mol. The summed E-state index contributed by atoms with van der Waals surface area (Å²) in [6.07, 6.45) is 0. The van der Waals surface area contributed by atoms with Gasteiger partial charge in [-0.15, -0.1) is 21.5 Å². The highest BCUT2D eigenvalue weighted by Gasteiger charge is 2.16. The van der Waals surface area contributed by atoms with E-state index in [4.69, 9.17) is 10.2 Å². The number of nitriles is 1. The van der Waals surface area contributed by atoms with Crippen molar-refractivity contribution in [2.75, 3.05) is 5.32 Å². The van der Waals surface area contributed by atoms with E-state index >= 15 is 0 Å². The van der Waals surface area contributed by atoms with Crippen molar-refractivity contribution in [2.24, 2.45) is 0 Å². The lowest BCUT2D eigenvalue weighted by Gasteiger charge is -2.08. The van der Waals surface area contributed by atoms with Gasteiger partial charge in [0.25, 0.3) is 5.91 Å². The molecular formula is C24H15N5OS3. The topological polar surface area (TPSA) is 91.6 Å². The Morgan fingerprint density at radius 1 is 1.06 bits per heavy atom. The SMILES string of the molecule is N#Cc1ccc(CSc2nnc(NC(=O)c3cc(-c4cccs4)nc4ccccc34)s2)cc1. The number of hydrogen-bond donors (Lipinski definition) is 1. The number of rotatable bonds is 6. The number of amides is 1. The van der Waals surface area contributed by atoms with Gasteiger partial charge in [-0.25, -0.2) is 4.98 Å². The summed E-state index contributed by atoms with van der Waals surface area (Å²) in [5.41, 5.74) is 3.81. The zero-order valence-electron chi connectivity index (χ0n) is 17.1. The van der Waals surface area contributed by atoms with Crippen LogP contribution in [0.25, 0.3) is 21.5 Å². The van der Waals surface area contributed by atoms with Crippen molar-refractivity contribution < 1.29 is 4.79 Å². The average molecular weight is 486 g/mol. The summed E-state index contributed by atoms with van der Waals surface area (Å²) in [6, 6.07) is 23.0. The Balaban J connectivity index is 1.34. The zero-order valence-corrected chi connectivity index (χ0v) is 19.5. The van der Waals surface area contributed by atoms with E-state index in [2.05, 4.69) is 21.6 Å². The molecule has 6 nitrogen and oxygen atoms in total. The third-order valence-electron chi connectivity index (χ3n) is 4.81. The number of nitrogens with one attached hydrogen (secondary N) is 1. The predicted octanol–water partition coefficient (Wildman–Crippen LogP) is 6.23. The first kappa shape index (κ1) is 21.3. The summed E-state index contributed by atoms with van der Waals surface area (Å²) >= 11 is 4.45. The van der Waals surface area contributed by atoms with Crippen molar-refractivity contribution in [3.05, 3.63) is 88.8 Å². The Labute approximate surface area is 202 Å².